The molecule has 0 aliphatic heterocycles. The first-order chi connectivity index (χ1) is 11.1. The van der Waals surface area contributed by atoms with Crippen LogP contribution in [0, 0.1) is 11.8 Å². The zero-order chi connectivity index (χ0) is 16.5. The van der Waals surface area contributed by atoms with Gasteiger partial charge in [0.2, 0.25) is 0 Å². The molecule has 1 N–H and O–H groups in total. The van der Waals surface area contributed by atoms with Gasteiger partial charge in [0.25, 0.3) is 0 Å². The van der Waals surface area contributed by atoms with E-state index in [9.17, 15) is 4.79 Å². The number of nitrogens with zero attached hydrogens (tertiary/aromatic N) is 1. The third kappa shape index (κ3) is 5.82. The van der Waals surface area contributed by atoms with Gasteiger partial charge < -0.3 is 5.11 Å². The molecule has 23 heavy (non-hydrogen) atoms. The molecule has 0 aromatic heterocycles. The van der Waals surface area contributed by atoms with Gasteiger partial charge in [-0.1, -0.05) is 66.4 Å². The first-order valence-corrected chi connectivity index (χ1v) is 7.38. The topological polar surface area (TPSA) is 40.5 Å². The largest absolute Gasteiger partial charge is 0.480 e. The minimum atomic E-state index is -0.836. The number of carboxylic acids is 1. The van der Waals surface area contributed by atoms with Gasteiger partial charge in [-0.3, -0.25) is 9.69 Å². The van der Waals surface area contributed by atoms with Crippen LogP contribution in [0.15, 0.2) is 66.7 Å². The summed E-state index contributed by atoms with van der Waals surface area (Å²) in [4.78, 5) is 12.5. The van der Waals surface area contributed by atoms with Gasteiger partial charge in [0.15, 0.2) is 0 Å². The van der Waals surface area contributed by atoms with Gasteiger partial charge in [0, 0.05) is 17.7 Å². The zero-order valence-electron chi connectivity index (χ0n) is 13.1. The van der Waals surface area contributed by atoms with Gasteiger partial charge in [0.1, 0.15) is 0 Å². The lowest BCUT2D eigenvalue weighted by Gasteiger charge is -2.11. The van der Waals surface area contributed by atoms with E-state index < -0.39 is 5.97 Å². The molecule has 0 saturated heterocycles. The Morgan fingerprint density at radius 3 is 2.30 bits per heavy atom. The van der Waals surface area contributed by atoms with Crippen LogP contribution in [0.2, 0.25) is 0 Å². The second kappa shape index (κ2) is 8.57. The Labute approximate surface area is 136 Å². The molecule has 0 bridgehead atoms. The molecule has 0 radical (unpaired) electrons. The maximum absolute atomic E-state index is 10.7. The Morgan fingerprint density at radius 2 is 1.70 bits per heavy atom. The van der Waals surface area contributed by atoms with E-state index in [1.807, 2.05) is 66.7 Å². The minimum Gasteiger partial charge on any atom is -0.480 e. The van der Waals surface area contributed by atoms with E-state index >= 15 is 0 Å². The van der Waals surface area contributed by atoms with Crippen molar-refractivity contribution in [2.45, 2.75) is 0 Å². The van der Waals surface area contributed by atoms with Crippen molar-refractivity contribution in [3.63, 3.8) is 0 Å². The van der Waals surface area contributed by atoms with Gasteiger partial charge in [0.05, 0.1) is 6.54 Å². The summed E-state index contributed by atoms with van der Waals surface area (Å²) in [6.45, 7) is 0.532. The molecule has 0 unspecified atom stereocenters. The highest BCUT2D eigenvalue weighted by atomic mass is 16.4. The number of likely N-dealkylation sites (N-methyl/N-ethyl adjacent to an activating group) is 1. The summed E-state index contributed by atoms with van der Waals surface area (Å²) < 4.78 is 0. The fraction of sp³-hybridized carbons (Fsp3) is 0.150. The molecule has 0 amide bonds. The molecule has 0 heterocycles. The smallest absolute Gasteiger partial charge is 0.317 e. The summed E-state index contributed by atoms with van der Waals surface area (Å²) in [7, 11) is 1.78. The molecule has 116 valence electrons. The third-order valence-electron chi connectivity index (χ3n) is 3.21. The molecule has 0 spiro atoms. The standard InChI is InChI=1S/C20H19NO2/c1-21(16-20(22)23)15-14-19(18-10-6-3-7-11-18)13-12-17-8-4-2-5-9-17/h2-11,14H,15-16H2,1H3,(H,22,23)/b19-14-. The van der Waals surface area contributed by atoms with E-state index in [1.54, 1.807) is 11.9 Å². The molecule has 0 aliphatic carbocycles. The highest BCUT2D eigenvalue weighted by Crippen LogP contribution is 2.13. The summed E-state index contributed by atoms with van der Waals surface area (Å²) in [5.74, 6) is 5.52. The SMILES string of the molecule is CN(C/C=C(/C#Cc1ccccc1)c1ccccc1)CC(=O)O. The molecule has 2 rings (SSSR count). The van der Waals surface area contributed by atoms with Crippen LogP contribution < -0.4 is 0 Å². The lowest BCUT2D eigenvalue weighted by Crippen LogP contribution is -2.25. The number of benzene rings is 2. The fourth-order valence-corrected chi connectivity index (χ4v) is 2.06. The molecule has 2 aromatic rings. The van der Waals surface area contributed by atoms with E-state index in [0.29, 0.717) is 6.54 Å². The van der Waals surface area contributed by atoms with Crippen molar-refractivity contribution >= 4 is 11.5 Å². The Kier molecular flexibility index (Phi) is 6.17. The minimum absolute atomic E-state index is 0.00465. The van der Waals surface area contributed by atoms with Gasteiger partial charge >= 0.3 is 5.97 Å². The normalized spacial score (nSPS) is 11.0. The maximum Gasteiger partial charge on any atom is 0.317 e. The third-order valence-corrected chi connectivity index (χ3v) is 3.21. The first-order valence-electron chi connectivity index (χ1n) is 7.38. The molecule has 2 aromatic carbocycles. The van der Waals surface area contributed by atoms with Crippen LogP contribution in [0.1, 0.15) is 11.1 Å². The first kappa shape index (κ1) is 16.5. The van der Waals surface area contributed by atoms with Crippen LogP contribution in [-0.4, -0.2) is 36.1 Å². The van der Waals surface area contributed by atoms with Gasteiger partial charge in [-0.15, -0.1) is 0 Å². The quantitative estimate of drug-likeness (QED) is 0.863. The van der Waals surface area contributed by atoms with Crippen LogP contribution in [0.25, 0.3) is 5.57 Å². The Hall–Kier alpha value is -2.83. The Morgan fingerprint density at radius 1 is 1.09 bits per heavy atom. The summed E-state index contributed by atoms with van der Waals surface area (Å²) in [6.07, 6.45) is 1.97. The van der Waals surface area contributed by atoms with Crippen molar-refractivity contribution in [3.8, 4) is 11.8 Å². The van der Waals surface area contributed by atoms with Crippen LogP contribution in [0.4, 0.5) is 0 Å². The van der Waals surface area contributed by atoms with Crippen LogP contribution in [0.3, 0.4) is 0 Å². The van der Waals surface area contributed by atoms with Crippen LogP contribution in [0.5, 0.6) is 0 Å². The average molecular weight is 305 g/mol. The van der Waals surface area contributed by atoms with Crippen molar-refractivity contribution in [1.29, 1.82) is 0 Å². The van der Waals surface area contributed by atoms with E-state index in [1.165, 1.54) is 0 Å². The number of allylic oxidation sites excluding steroid dienone is 1. The van der Waals surface area contributed by atoms with E-state index in [2.05, 4.69) is 11.8 Å². The lowest BCUT2D eigenvalue weighted by atomic mass is 10.1. The number of hydrogen-bond acceptors (Lipinski definition) is 2. The highest BCUT2D eigenvalue weighted by molar-refractivity contribution is 5.79. The number of rotatable bonds is 5. The zero-order valence-corrected chi connectivity index (χ0v) is 13.1. The van der Waals surface area contributed by atoms with Crippen molar-refractivity contribution in [2.75, 3.05) is 20.1 Å². The van der Waals surface area contributed by atoms with E-state index in [-0.39, 0.29) is 6.54 Å². The molecule has 0 atom stereocenters. The average Bonchev–Trinajstić information content (AvgIpc) is 2.56. The van der Waals surface area contributed by atoms with Crippen molar-refractivity contribution in [2.24, 2.45) is 0 Å². The molecular formula is C20H19NO2. The molecule has 3 nitrogen and oxygen atoms in total. The molecular weight excluding hydrogens is 286 g/mol. The van der Waals surface area contributed by atoms with Crippen molar-refractivity contribution in [1.82, 2.24) is 4.90 Å². The van der Waals surface area contributed by atoms with Crippen LogP contribution >= 0.6 is 0 Å². The monoisotopic (exact) mass is 305 g/mol. The molecule has 0 aliphatic rings. The predicted molar refractivity (Wildman–Crippen MR) is 92.9 cm³/mol. The van der Waals surface area contributed by atoms with Crippen molar-refractivity contribution in [3.05, 3.63) is 77.9 Å². The second-order valence-electron chi connectivity index (χ2n) is 5.19. The predicted octanol–water partition coefficient (Wildman–Crippen LogP) is 3.14. The Bertz CT molecular complexity index is 724. The van der Waals surface area contributed by atoms with Gasteiger partial charge in [-0.2, -0.15) is 0 Å². The molecule has 3 heteroatoms. The summed E-state index contributed by atoms with van der Waals surface area (Å²) in [5, 5.41) is 8.83. The number of hydrogen-bond donors (Lipinski definition) is 1. The van der Waals surface area contributed by atoms with E-state index in [4.69, 9.17) is 5.11 Å². The molecule has 0 fully saturated rings. The molecule has 0 saturated carbocycles. The van der Waals surface area contributed by atoms with E-state index in [0.717, 1.165) is 16.7 Å². The number of aliphatic carboxylic acids is 1. The maximum atomic E-state index is 10.7. The number of carboxylic acid groups (broad SMARTS) is 1. The van der Waals surface area contributed by atoms with Crippen molar-refractivity contribution < 1.29 is 9.90 Å². The van der Waals surface area contributed by atoms with Crippen LogP contribution in [-0.2, 0) is 4.79 Å². The van der Waals surface area contributed by atoms with Gasteiger partial charge in [-0.05, 0) is 24.7 Å². The fourth-order valence-electron chi connectivity index (χ4n) is 2.06. The summed E-state index contributed by atoms with van der Waals surface area (Å²) in [6, 6.07) is 19.7. The number of carbonyl (C=O) groups is 1. The summed E-state index contributed by atoms with van der Waals surface area (Å²) >= 11 is 0. The highest BCUT2D eigenvalue weighted by Gasteiger charge is 2.03. The van der Waals surface area contributed by atoms with Gasteiger partial charge in [-0.25, -0.2) is 0 Å². The summed E-state index contributed by atoms with van der Waals surface area (Å²) in [5.41, 5.74) is 2.87. The lowest BCUT2D eigenvalue weighted by molar-refractivity contribution is -0.137. The second-order valence-corrected chi connectivity index (χ2v) is 5.19. The Balaban J connectivity index is 2.23.